The maximum atomic E-state index is 12.2. The molecule has 0 aromatic heterocycles. The van der Waals surface area contributed by atoms with Crippen LogP contribution in [0.4, 0.5) is 8.78 Å². The van der Waals surface area contributed by atoms with Gasteiger partial charge in [0, 0.05) is 5.56 Å². The van der Waals surface area contributed by atoms with Gasteiger partial charge in [-0.3, -0.25) is 9.59 Å². The van der Waals surface area contributed by atoms with Gasteiger partial charge in [0.05, 0.1) is 5.75 Å². The Morgan fingerprint density at radius 2 is 1.75 bits per heavy atom. The molecule has 0 aliphatic rings. The Labute approximate surface area is 113 Å². The number of alkyl halides is 2. The Morgan fingerprint density at radius 3 is 2.20 bits per heavy atom. The van der Waals surface area contributed by atoms with Crippen LogP contribution in [0.5, 0.6) is 0 Å². The van der Waals surface area contributed by atoms with Gasteiger partial charge in [-0.2, -0.15) is 8.78 Å². The lowest BCUT2D eigenvalue weighted by molar-refractivity contribution is -0.135. The number of carboxylic acid groups (broad SMARTS) is 1. The van der Waals surface area contributed by atoms with Crippen LogP contribution in [0.15, 0.2) is 24.3 Å². The van der Waals surface area contributed by atoms with Crippen molar-refractivity contribution in [3.8, 4) is 0 Å². The first-order valence-corrected chi connectivity index (χ1v) is 7.02. The SMILES string of the molecule is O=C(O)CNC(=O)c1ccc(CS(=O)(=O)C(F)F)cc1. The lowest BCUT2D eigenvalue weighted by Crippen LogP contribution is -2.29. The molecule has 6 nitrogen and oxygen atoms in total. The fraction of sp³-hybridized carbons (Fsp3) is 0.273. The molecule has 1 amide bonds. The molecule has 0 radical (unpaired) electrons. The third-order valence-corrected chi connectivity index (χ3v) is 3.53. The first-order valence-electron chi connectivity index (χ1n) is 5.31. The molecule has 1 rings (SSSR count). The van der Waals surface area contributed by atoms with E-state index in [-0.39, 0.29) is 11.1 Å². The van der Waals surface area contributed by atoms with Gasteiger partial charge >= 0.3 is 11.7 Å². The van der Waals surface area contributed by atoms with E-state index in [0.717, 1.165) is 0 Å². The summed E-state index contributed by atoms with van der Waals surface area (Å²) in [5, 5.41) is 10.5. The molecule has 0 fully saturated rings. The summed E-state index contributed by atoms with van der Waals surface area (Å²) >= 11 is 0. The van der Waals surface area contributed by atoms with E-state index < -0.39 is 39.8 Å². The standard InChI is InChI=1S/C11H11F2NO5S/c12-11(13)20(18,19)6-7-1-3-8(4-2-7)10(17)14-5-9(15)16/h1-4,11H,5-6H2,(H,14,17)(H,15,16). The summed E-state index contributed by atoms with van der Waals surface area (Å²) in [5.74, 6) is -6.16. The first kappa shape index (κ1) is 16.0. The Balaban J connectivity index is 2.74. The first-order chi connectivity index (χ1) is 9.22. The van der Waals surface area contributed by atoms with Crippen molar-refractivity contribution < 1.29 is 31.9 Å². The highest BCUT2D eigenvalue weighted by atomic mass is 32.2. The minimum Gasteiger partial charge on any atom is -0.480 e. The number of amides is 1. The maximum Gasteiger partial charge on any atom is 0.337 e. The van der Waals surface area contributed by atoms with Gasteiger partial charge in [0.25, 0.3) is 5.91 Å². The monoisotopic (exact) mass is 307 g/mol. The average molecular weight is 307 g/mol. The van der Waals surface area contributed by atoms with Crippen LogP contribution in [0.3, 0.4) is 0 Å². The summed E-state index contributed by atoms with van der Waals surface area (Å²) in [4.78, 5) is 21.7. The number of hydrogen-bond acceptors (Lipinski definition) is 4. The second-order valence-corrected chi connectivity index (χ2v) is 5.81. The van der Waals surface area contributed by atoms with Gasteiger partial charge < -0.3 is 10.4 Å². The zero-order valence-electron chi connectivity index (χ0n) is 10.0. The topological polar surface area (TPSA) is 101 Å². The Bertz CT molecular complexity index is 598. The maximum absolute atomic E-state index is 12.2. The van der Waals surface area contributed by atoms with E-state index in [1.54, 1.807) is 0 Å². The van der Waals surface area contributed by atoms with Crippen LogP contribution in [0.25, 0.3) is 0 Å². The molecule has 1 aromatic rings. The van der Waals surface area contributed by atoms with Crippen LogP contribution in [0, 0.1) is 0 Å². The minimum absolute atomic E-state index is 0.101. The number of carboxylic acids is 1. The number of rotatable bonds is 6. The van der Waals surface area contributed by atoms with Crippen molar-refractivity contribution in [2.24, 2.45) is 0 Å². The summed E-state index contributed by atoms with van der Waals surface area (Å²) in [5.41, 5.74) is 0.213. The van der Waals surface area contributed by atoms with Crippen molar-refractivity contribution in [1.29, 1.82) is 0 Å². The van der Waals surface area contributed by atoms with Crippen molar-refractivity contribution in [1.82, 2.24) is 5.32 Å². The van der Waals surface area contributed by atoms with E-state index in [1.807, 2.05) is 0 Å². The van der Waals surface area contributed by atoms with Crippen LogP contribution in [0.2, 0.25) is 0 Å². The van der Waals surface area contributed by atoms with Crippen molar-refractivity contribution >= 4 is 21.7 Å². The molecule has 20 heavy (non-hydrogen) atoms. The molecule has 0 atom stereocenters. The predicted molar refractivity (Wildman–Crippen MR) is 65.0 cm³/mol. The largest absolute Gasteiger partial charge is 0.480 e. The van der Waals surface area contributed by atoms with Gasteiger partial charge in [-0.25, -0.2) is 8.42 Å². The van der Waals surface area contributed by atoms with Crippen molar-refractivity contribution in [3.05, 3.63) is 35.4 Å². The van der Waals surface area contributed by atoms with E-state index in [4.69, 9.17) is 5.11 Å². The molecule has 0 aliphatic heterocycles. The van der Waals surface area contributed by atoms with Gasteiger partial charge in [0.15, 0.2) is 0 Å². The molecule has 1 aromatic carbocycles. The lowest BCUT2D eigenvalue weighted by atomic mass is 10.1. The summed E-state index contributed by atoms with van der Waals surface area (Å²) < 4.78 is 46.4. The molecule has 0 bridgehead atoms. The fourth-order valence-corrected chi connectivity index (χ4v) is 2.09. The smallest absolute Gasteiger partial charge is 0.337 e. The molecule has 0 aliphatic carbocycles. The Kier molecular flexibility index (Phi) is 5.14. The number of sulfone groups is 1. The number of carbonyl (C=O) groups excluding carboxylic acids is 1. The minimum atomic E-state index is -4.52. The number of hydrogen-bond donors (Lipinski definition) is 2. The van der Waals surface area contributed by atoms with E-state index >= 15 is 0 Å². The molecule has 9 heteroatoms. The summed E-state index contributed by atoms with van der Waals surface area (Å²) in [7, 11) is -4.52. The number of halogens is 2. The molecule has 0 saturated carbocycles. The average Bonchev–Trinajstić information content (AvgIpc) is 2.36. The zero-order valence-corrected chi connectivity index (χ0v) is 10.9. The quantitative estimate of drug-likeness (QED) is 0.803. The second-order valence-electron chi connectivity index (χ2n) is 3.84. The predicted octanol–water partition coefficient (Wildman–Crippen LogP) is 0.638. The molecular weight excluding hydrogens is 296 g/mol. The van der Waals surface area contributed by atoms with E-state index in [9.17, 15) is 26.8 Å². The van der Waals surface area contributed by atoms with Gasteiger partial charge in [0.1, 0.15) is 6.54 Å². The lowest BCUT2D eigenvalue weighted by Gasteiger charge is -2.05. The summed E-state index contributed by atoms with van der Waals surface area (Å²) in [6, 6.07) is 4.90. The van der Waals surface area contributed by atoms with Crippen LogP contribution in [-0.2, 0) is 20.4 Å². The molecule has 0 saturated heterocycles. The van der Waals surface area contributed by atoms with E-state index in [1.165, 1.54) is 24.3 Å². The molecule has 2 N–H and O–H groups in total. The van der Waals surface area contributed by atoms with Crippen LogP contribution >= 0.6 is 0 Å². The summed E-state index contributed by atoms with van der Waals surface area (Å²) in [6.07, 6.45) is 0. The highest BCUT2D eigenvalue weighted by Crippen LogP contribution is 2.14. The normalized spacial score (nSPS) is 11.3. The highest BCUT2D eigenvalue weighted by molar-refractivity contribution is 7.90. The van der Waals surface area contributed by atoms with E-state index in [0.29, 0.717) is 0 Å². The second kappa shape index (κ2) is 6.42. The van der Waals surface area contributed by atoms with Crippen LogP contribution in [-0.4, -0.2) is 37.7 Å². The Hall–Kier alpha value is -2.03. The molecule has 110 valence electrons. The van der Waals surface area contributed by atoms with Crippen molar-refractivity contribution in [2.45, 2.75) is 11.5 Å². The van der Waals surface area contributed by atoms with Crippen molar-refractivity contribution in [2.75, 3.05) is 6.54 Å². The third kappa shape index (κ3) is 4.57. The summed E-state index contributed by atoms with van der Waals surface area (Å²) in [6.45, 7) is -0.555. The van der Waals surface area contributed by atoms with Crippen molar-refractivity contribution in [3.63, 3.8) is 0 Å². The third-order valence-electron chi connectivity index (χ3n) is 2.26. The Morgan fingerprint density at radius 1 is 1.20 bits per heavy atom. The fourth-order valence-electron chi connectivity index (χ4n) is 1.31. The van der Waals surface area contributed by atoms with Crippen LogP contribution < -0.4 is 5.32 Å². The van der Waals surface area contributed by atoms with Gasteiger partial charge in [-0.05, 0) is 17.7 Å². The number of aliphatic carboxylic acids is 1. The molecule has 0 unspecified atom stereocenters. The zero-order chi connectivity index (χ0) is 15.3. The number of benzene rings is 1. The molecule has 0 heterocycles. The van der Waals surface area contributed by atoms with Gasteiger partial charge in [-0.15, -0.1) is 0 Å². The number of carbonyl (C=O) groups is 2. The number of nitrogens with one attached hydrogen (secondary N) is 1. The molecular formula is C11H11F2NO5S. The van der Waals surface area contributed by atoms with E-state index in [2.05, 4.69) is 5.32 Å². The highest BCUT2D eigenvalue weighted by Gasteiger charge is 2.24. The van der Waals surface area contributed by atoms with Gasteiger partial charge in [0.2, 0.25) is 9.84 Å². The van der Waals surface area contributed by atoms with Gasteiger partial charge in [-0.1, -0.05) is 12.1 Å². The molecule has 0 spiro atoms. The van der Waals surface area contributed by atoms with Crippen LogP contribution in [0.1, 0.15) is 15.9 Å².